The molecular weight excluding hydrogens is 516 g/mol. The number of carbonyl (C=O) groups is 1. The van der Waals surface area contributed by atoms with Crippen molar-refractivity contribution in [1.82, 2.24) is 19.3 Å². The number of imidazole rings is 1. The normalized spacial score (nSPS) is 15.2. The summed E-state index contributed by atoms with van der Waals surface area (Å²) in [4.78, 5) is 18.9. The van der Waals surface area contributed by atoms with E-state index in [0.717, 1.165) is 28.0 Å². The van der Waals surface area contributed by atoms with Crippen LogP contribution in [0.1, 0.15) is 50.2 Å². The average molecular weight is 552 g/mol. The minimum atomic E-state index is -2.66. The number of benzene rings is 2. The second-order valence-electron chi connectivity index (χ2n) is 10.7. The predicted molar refractivity (Wildman–Crippen MR) is 149 cm³/mol. The molecule has 0 spiro atoms. The lowest BCUT2D eigenvalue weighted by atomic mass is 9.79. The Morgan fingerprint density at radius 1 is 1.12 bits per heavy atom. The lowest BCUT2D eigenvalue weighted by molar-refractivity contribution is -0.149. The van der Waals surface area contributed by atoms with E-state index < -0.39 is 17.3 Å². The number of hydrogen-bond acceptors (Lipinski definition) is 5. The topological polar surface area (TPSA) is 85.4 Å². The molecule has 1 saturated heterocycles. The summed E-state index contributed by atoms with van der Waals surface area (Å²) in [6.45, 7) is 4.63. The number of alkyl halides is 2. The largest absolute Gasteiger partial charge is 0.487 e. The average Bonchev–Trinajstić information content (AvgIpc) is 3.62. The molecule has 1 aliphatic rings. The summed E-state index contributed by atoms with van der Waals surface area (Å²) in [5, 5.41) is 14.5. The Morgan fingerprint density at radius 2 is 1.88 bits per heavy atom. The number of carboxylic acid groups (broad SMARTS) is 1. The monoisotopic (exact) mass is 551 g/mol. The lowest BCUT2D eigenvalue weighted by Crippen LogP contribution is -2.33. The molecule has 4 aromatic rings. The van der Waals surface area contributed by atoms with Crippen LogP contribution in [-0.2, 0) is 31.4 Å². The van der Waals surface area contributed by atoms with Crippen molar-refractivity contribution in [1.29, 1.82) is 0 Å². The second kappa shape index (κ2) is 10.9. The zero-order valence-electron chi connectivity index (χ0n) is 23.1. The molecule has 0 atom stereocenters. The van der Waals surface area contributed by atoms with Gasteiger partial charge in [0, 0.05) is 50.9 Å². The van der Waals surface area contributed by atoms with Crippen LogP contribution in [0, 0.1) is 5.41 Å². The second-order valence-corrected chi connectivity index (χ2v) is 10.7. The van der Waals surface area contributed by atoms with Crippen LogP contribution >= 0.6 is 0 Å². The minimum Gasteiger partial charge on any atom is -0.487 e. The summed E-state index contributed by atoms with van der Waals surface area (Å²) in [6.07, 6.45) is 2.98. The van der Waals surface area contributed by atoms with Crippen molar-refractivity contribution in [3.63, 3.8) is 0 Å². The Balaban J connectivity index is 1.47. The van der Waals surface area contributed by atoms with Crippen molar-refractivity contribution < 1.29 is 23.4 Å². The van der Waals surface area contributed by atoms with Gasteiger partial charge in [0.05, 0.1) is 28.7 Å². The Kier molecular flexibility index (Phi) is 7.53. The highest BCUT2D eigenvalue weighted by Gasteiger charge is 2.38. The summed E-state index contributed by atoms with van der Waals surface area (Å²) in [7, 11) is 1.85. The first-order valence-corrected chi connectivity index (χ1v) is 13.7. The molecule has 2 aromatic carbocycles. The third-order valence-corrected chi connectivity index (χ3v) is 8.07. The molecule has 1 N–H and O–H groups in total. The Hall–Kier alpha value is -3.95. The fourth-order valence-corrected chi connectivity index (χ4v) is 5.38. The third-order valence-electron chi connectivity index (χ3n) is 8.07. The van der Waals surface area contributed by atoms with E-state index >= 15 is 0 Å². The van der Waals surface area contributed by atoms with E-state index in [-0.39, 0.29) is 19.4 Å². The third kappa shape index (κ3) is 5.66. The van der Waals surface area contributed by atoms with Gasteiger partial charge in [0.15, 0.2) is 0 Å². The number of rotatable bonds is 11. The van der Waals surface area contributed by atoms with E-state index in [4.69, 9.17) is 9.72 Å². The van der Waals surface area contributed by atoms with Gasteiger partial charge in [0.1, 0.15) is 18.2 Å². The van der Waals surface area contributed by atoms with Crippen LogP contribution < -0.4 is 9.64 Å². The molecule has 2 aromatic heterocycles. The molecule has 1 fully saturated rings. The van der Waals surface area contributed by atoms with Crippen LogP contribution in [0.3, 0.4) is 0 Å². The first kappa shape index (κ1) is 27.6. The molecule has 10 heteroatoms. The molecular formula is C30H35F2N5O3. The molecule has 212 valence electrons. The molecule has 8 nitrogen and oxygen atoms in total. The molecule has 0 amide bonds. The lowest BCUT2D eigenvalue weighted by Gasteiger charge is -2.26. The van der Waals surface area contributed by atoms with Gasteiger partial charge >= 0.3 is 5.97 Å². The fourth-order valence-electron chi connectivity index (χ4n) is 5.38. The summed E-state index contributed by atoms with van der Waals surface area (Å²) in [5.41, 5.74) is 3.20. The Labute approximate surface area is 232 Å². The molecule has 3 heterocycles. The number of hydrogen-bond donors (Lipinski definition) is 1. The van der Waals surface area contributed by atoms with Gasteiger partial charge in [0.2, 0.25) is 0 Å². The number of nitrogens with zero attached hydrogens (tertiary/aromatic N) is 5. The van der Waals surface area contributed by atoms with Crippen LogP contribution in [0.15, 0.2) is 54.7 Å². The standard InChI is InChI=1S/C30H35F2N5O3/c1-4-29(5-2,28(38)39)17-27-33-25-11-10-24(40-19-22-12-14-35(3)34-22)16-26(25)37(27)18-21-6-8-23(9-7-21)36-15-13-30(31,32)20-36/h6-12,14,16H,4-5,13,15,17-20H2,1-3H3,(H,38,39). The Bertz CT molecular complexity index is 1490. The number of carboxylic acids is 1. The number of anilines is 1. The highest BCUT2D eigenvalue weighted by Crippen LogP contribution is 2.34. The van der Waals surface area contributed by atoms with Crippen LogP contribution in [0.5, 0.6) is 5.75 Å². The number of fused-ring (bicyclic) bond motifs is 1. The van der Waals surface area contributed by atoms with Gasteiger partial charge in [-0.05, 0) is 48.7 Å². The first-order valence-electron chi connectivity index (χ1n) is 13.7. The predicted octanol–water partition coefficient (Wildman–Crippen LogP) is 5.68. The quantitative estimate of drug-likeness (QED) is 0.258. The highest BCUT2D eigenvalue weighted by molar-refractivity contribution is 5.79. The van der Waals surface area contributed by atoms with Crippen molar-refractivity contribution in [2.45, 2.75) is 58.6 Å². The maximum absolute atomic E-state index is 13.7. The minimum absolute atomic E-state index is 0.135. The molecule has 0 aliphatic carbocycles. The van der Waals surface area contributed by atoms with Crippen molar-refractivity contribution in [3.8, 4) is 5.75 Å². The summed E-state index contributed by atoms with van der Waals surface area (Å²) >= 11 is 0. The van der Waals surface area contributed by atoms with E-state index in [9.17, 15) is 18.7 Å². The van der Waals surface area contributed by atoms with Crippen LogP contribution in [0.2, 0.25) is 0 Å². The zero-order chi connectivity index (χ0) is 28.5. The SMILES string of the molecule is CCC(CC)(Cc1nc2ccc(OCc3ccn(C)n3)cc2n1Cc1ccc(N2CCC(F)(F)C2)cc1)C(=O)O. The molecule has 0 bridgehead atoms. The molecule has 40 heavy (non-hydrogen) atoms. The maximum Gasteiger partial charge on any atom is 0.310 e. The number of halogens is 2. The van der Waals surface area contributed by atoms with E-state index in [0.29, 0.717) is 44.1 Å². The van der Waals surface area contributed by atoms with Gasteiger partial charge in [-0.2, -0.15) is 5.10 Å². The van der Waals surface area contributed by atoms with Crippen LogP contribution in [0.25, 0.3) is 11.0 Å². The van der Waals surface area contributed by atoms with Gasteiger partial charge in [-0.3, -0.25) is 9.48 Å². The first-order chi connectivity index (χ1) is 19.1. The molecule has 0 unspecified atom stereocenters. The van der Waals surface area contributed by atoms with E-state index in [1.807, 2.05) is 80.2 Å². The van der Waals surface area contributed by atoms with Crippen molar-refractivity contribution in [2.24, 2.45) is 12.5 Å². The van der Waals surface area contributed by atoms with Crippen molar-refractivity contribution >= 4 is 22.7 Å². The van der Waals surface area contributed by atoms with Gasteiger partial charge in [0.25, 0.3) is 5.92 Å². The molecule has 1 aliphatic heterocycles. The molecule has 5 rings (SSSR count). The smallest absolute Gasteiger partial charge is 0.310 e. The van der Waals surface area contributed by atoms with Crippen LogP contribution in [-0.4, -0.2) is 49.4 Å². The zero-order valence-corrected chi connectivity index (χ0v) is 23.1. The van der Waals surface area contributed by atoms with Crippen LogP contribution in [0.4, 0.5) is 14.5 Å². The highest BCUT2D eigenvalue weighted by atomic mass is 19.3. The molecule has 0 radical (unpaired) electrons. The summed E-state index contributed by atoms with van der Waals surface area (Å²) in [5.74, 6) is -2.14. The number of aliphatic carboxylic acids is 1. The number of aryl methyl sites for hydroxylation is 1. The summed E-state index contributed by atoms with van der Waals surface area (Å²) in [6, 6.07) is 15.2. The summed E-state index contributed by atoms with van der Waals surface area (Å²) < 4.78 is 37.3. The van der Waals surface area contributed by atoms with E-state index in [2.05, 4.69) is 5.10 Å². The van der Waals surface area contributed by atoms with E-state index in [1.165, 1.54) is 0 Å². The van der Waals surface area contributed by atoms with Gasteiger partial charge in [-0.15, -0.1) is 0 Å². The molecule has 0 saturated carbocycles. The number of ether oxygens (including phenoxy) is 1. The van der Waals surface area contributed by atoms with E-state index in [1.54, 1.807) is 9.58 Å². The van der Waals surface area contributed by atoms with Gasteiger partial charge in [-0.1, -0.05) is 26.0 Å². The van der Waals surface area contributed by atoms with Crippen molar-refractivity contribution in [3.05, 3.63) is 71.8 Å². The fraction of sp³-hybridized carbons (Fsp3) is 0.433. The Morgan fingerprint density at radius 3 is 2.48 bits per heavy atom. The maximum atomic E-state index is 13.7. The van der Waals surface area contributed by atoms with Gasteiger partial charge < -0.3 is 19.3 Å². The van der Waals surface area contributed by atoms with Crippen molar-refractivity contribution in [2.75, 3.05) is 18.0 Å². The van der Waals surface area contributed by atoms with Gasteiger partial charge in [-0.25, -0.2) is 13.8 Å². The number of aromatic nitrogens is 4.